The van der Waals surface area contributed by atoms with Gasteiger partial charge in [0.05, 0.1) is 30.2 Å². The number of hydrogen-bond acceptors (Lipinski definition) is 4. The molecule has 3 aromatic carbocycles. The highest BCUT2D eigenvalue weighted by atomic mass is 35.5. The number of benzene rings is 3. The molecule has 7 heteroatoms. The molecule has 0 unspecified atom stereocenters. The van der Waals surface area contributed by atoms with Crippen molar-refractivity contribution in [3.05, 3.63) is 101 Å². The van der Waals surface area contributed by atoms with Gasteiger partial charge in [0, 0.05) is 0 Å². The number of rotatable bonds is 2. The summed E-state index contributed by atoms with van der Waals surface area (Å²) in [4.78, 5) is 38.2. The Morgan fingerprint density at radius 1 is 0.758 bits per heavy atom. The molecule has 2 amide bonds. The lowest BCUT2D eigenvalue weighted by Crippen LogP contribution is -2.57. The topological polar surface area (TPSA) is 63.7 Å². The molecular weight excluding hydrogens is 461 g/mol. The van der Waals surface area contributed by atoms with E-state index in [0.29, 0.717) is 11.3 Å². The molecule has 5 nitrogen and oxygen atoms in total. The standard InChI is InChI=1S/C26H17Cl2NO4/c1-33-24(32)14-10-12-15(13-11-14)29-22(30)20-21(23(29)31)26(28)17-7-3-2-6-16(17)25(20,27)18-8-4-5-9-19(18)26/h2-13,20-21H,1H3/t20-,21-,25?,26?/m0/s1. The monoisotopic (exact) mass is 477 g/mol. The Kier molecular flexibility index (Phi) is 4.14. The van der Waals surface area contributed by atoms with Crippen molar-refractivity contribution in [2.75, 3.05) is 12.0 Å². The smallest absolute Gasteiger partial charge is 0.337 e. The third-order valence-electron chi connectivity index (χ3n) is 7.13. The molecule has 0 aromatic heterocycles. The Morgan fingerprint density at radius 2 is 1.15 bits per heavy atom. The number of esters is 1. The van der Waals surface area contributed by atoms with Crippen LogP contribution in [0.25, 0.3) is 0 Å². The first-order valence-electron chi connectivity index (χ1n) is 10.5. The van der Waals surface area contributed by atoms with Crippen LogP contribution >= 0.6 is 23.2 Å². The van der Waals surface area contributed by atoms with Gasteiger partial charge in [-0.15, -0.1) is 23.2 Å². The maximum Gasteiger partial charge on any atom is 0.337 e. The van der Waals surface area contributed by atoms with Crippen LogP contribution < -0.4 is 4.90 Å². The number of methoxy groups -OCH3 is 1. The zero-order chi connectivity index (χ0) is 23.1. The van der Waals surface area contributed by atoms with E-state index in [4.69, 9.17) is 27.9 Å². The Morgan fingerprint density at radius 3 is 1.52 bits per heavy atom. The van der Waals surface area contributed by atoms with Crippen molar-refractivity contribution in [3.8, 4) is 0 Å². The van der Waals surface area contributed by atoms with Gasteiger partial charge in [-0.25, -0.2) is 9.69 Å². The van der Waals surface area contributed by atoms with Crippen molar-refractivity contribution in [2.24, 2.45) is 11.8 Å². The van der Waals surface area contributed by atoms with E-state index in [9.17, 15) is 14.4 Å². The summed E-state index contributed by atoms with van der Waals surface area (Å²) < 4.78 is 4.73. The van der Waals surface area contributed by atoms with Crippen molar-refractivity contribution in [1.29, 1.82) is 0 Å². The van der Waals surface area contributed by atoms with Crippen LogP contribution in [0.1, 0.15) is 32.6 Å². The molecule has 1 saturated heterocycles. The molecular formula is C26H17Cl2NO4. The first-order chi connectivity index (χ1) is 15.8. The second-order valence-electron chi connectivity index (χ2n) is 8.52. The predicted octanol–water partition coefficient (Wildman–Crippen LogP) is 4.57. The number of halogens is 2. The van der Waals surface area contributed by atoms with E-state index < -0.39 is 39.4 Å². The summed E-state index contributed by atoms with van der Waals surface area (Å²) in [6.07, 6.45) is 0. The highest BCUT2D eigenvalue weighted by Gasteiger charge is 2.73. The number of alkyl halides is 2. The first-order valence-corrected chi connectivity index (χ1v) is 11.2. The SMILES string of the molecule is COC(=O)c1ccc(N2C(=O)[C@@H]3[C@@H](C2=O)C2(Cl)c4ccccc4C3(Cl)c3ccccc32)cc1. The van der Waals surface area contributed by atoms with Crippen LogP contribution in [0.2, 0.25) is 0 Å². The van der Waals surface area contributed by atoms with Crippen LogP contribution in [-0.4, -0.2) is 24.9 Å². The number of ether oxygens (including phenoxy) is 1. The second kappa shape index (κ2) is 6.69. The number of imide groups is 1. The minimum atomic E-state index is -1.22. The van der Waals surface area contributed by atoms with Gasteiger partial charge in [-0.05, 0) is 46.5 Å². The molecule has 164 valence electrons. The van der Waals surface area contributed by atoms with Gasteiger partial charge in [-0.1, -0.05) is 48.5 Å². The molecule has 0 N–H and O–H groups in total. The van der Waals surface area contributed by atoms with Gasteiger partial charge < -0.3 is 4.74 Å². The number of carbonyl (C=O) groups is 3. The van der Waals surface area contributed by atoms with Crippen molar-refractivity contribution in [1.82, 2.24) is 0 Å². The van der Waals surface area contributed by atoms with E-state index in [1.54, 1.807) is 12.1 Å². The predicted molar refractivity (Wildman–Crippen MR) is 123 cm³/mol. The van der Waals surface area contributed by atoms with Crippen molar-refractivity contribution < 1.29 is 19.1 Å². The minimum absolute atomic E-state index is 0.320. The molecule has 1 aliphatic heterocycles. The molecule has 1 fully saturated rings. The lowest BCUT2D eigenvalue weighted by Gasteiger charge is -2.54. The van der Waals surface area contributed by atoms with Crippen LogP contribution in [0, 0.1) is 11.8 Å². The Labute approximate surface area is 199 Å². The van der Waals surface area contributed by atoms with Crippen LogP contribution in [-0.2, 0) is 24.1 Å². The number of nitrogens with zero attached hydrogens (tertiary/aromatic N) is 1. The van der Waals surface area contributed by atoms with E-state index in [1.807, 2.05) is 48.5 Å². The van der Waals surface area contributed by atoms with Gasteiger partial charge in [0.2, 0.25) is 11.8 Å². The van der Waals surface area contributed by atoms with E-state index in [-0.39, 0.29) is 0 Å². The van der Waals surface area contributed by atoms with Gasteiger partial charge in [-0.2, -0.15) is 0 Å². The Hall–Kier alpha value is -3.15. The number of anilines is 1. The molecule has 33 heavy (non-hydrogen) atoms. The third-order valence-corrected chi connectivity index (χ3v) is 8.42. The second-order valence-corrected chi connectivity index (χ2v) is 9.71. The molecule has 0 saturated carbocycles. The quantitative estimate of drug-likeness (QED) is 0.308. The van der Waals surface area contributed by atoms with Gasteiger partial charge in [-0.3, -0.25) is 9.59 Å². The summed E-state index contributed by atoms with van der Waals surface area (Å²) in [6.45, 7) is 0. The van der Waals surface area contributed by atoms with Crippen molar-refractivity contribution >= 4 is 46.7 Å². The summed E-state index contributed by atoms with van der Waals surface area (Å²) in [5.41, 5.74) is 3.70. The maximum absolute atomic E-state index is 13.9. The van der Waals surface area contributed by atoms with Gasteiger partial charge in [0.15, 0.2) is 0 Å². The lowest BCUT2D eigenvalue weighted by molar-refractivity contribution is -0.122. The van der Waals surface area contributed by atoms with E-state index in [2.05, 4.69) is 0 Å². The molecule has 2 bridgehead atoms. The van der Waals surface area contributed by atoms with Gasteiger partial charge in [0.25, 0.3) is 0 Å². The van der Waals surface area contributed by atoms with Gasteiger partial charge in [0.1, 0.15) is 9.75 Å². The normalized spacial score (nSPS) is 28.9. The fraction of sp³-hybridized carbons (Fsp3) is 0.192. The van der Waals surface area contributed by atoms with Crippen LogP contribution in [0.15, 0.2) is 72.8 Å². The number of hydrogen-bond donors (Lipinski definition) is 0. The summed E-state index contributed by atoms with van der Waals surface area (Å²) in [5, 5.41) is 0. The number of amides is 2. The van der Waals surface area contributed by atoms with Crippen molar-refractivity contribution in [3.63, 3.8) is 0 Å². The zero-order valence-corrected chi connectivity index (χ0v) is 18.9. The fourth-order valence-corrected chi connectivity index (χ4v) is 6.88. The fourth-order valence-electron chi connectivity index (χ4n) is 5.79. The number of carbonyl (C=O) groups excluding carboxylic acids is 3. The summed E-state index contributed by atoms with van der Waals surface area (Å²) >= 11 is 14.8. The minimum Gasteiger partial charge on any atom is -0.465 e. The lowest BCUT2D eigenvalue weighted by atomic mass is 9.54. The van der Waals surface area contributed by atoms with Crippen LogP contribution in [0.5, 0.6) is 0 Å². The Bertz CT molecular complexity index is 1250. The molecule has 1 heterocycles. The van der Waals surface area contributed by atoms with E-state index in [0.717, 1.165) is 27.2 Å². The molecule has 7 rings (SSSR count). The van der Waals surface area contributed by atoms with E-state index in [1.165, 1.54) is 19.2 Å². The first kappa shape index (κ1) is 20.5. The molecule has 2 atom stereocenters. The van der Waals surface area contributed by atoms with Crippen LogP contribution in [0.4, 0.5) is 5.69 Å². The average molecular weight is 478 g/mol. The van der Waals surface area contributed by atoms with E-state index >= 15 is 0 Å². The highest BCUT2D eigenvalue weighted by molar-refractivity contribution is 6.38. The molecule has 0 spiro atoms. The average Bonchev–Trinajstić information content (AvgIpc) is 3.13. The summed E-state index contributed by atoms with van der Waals surface area (Å²) in [6, 6.07) is 21.2. The van der Waals surface area contributed by atoms with Gasteiger partial charge >= 0.3 is 5.97 Å². The third kappa shape index (κ3) is 2.31. The highest BCUT2D eigenvalue weighted by Crippen LogP contribution is 2.69. The van der Waals surface area contributed by atoms with Crippen LogP contribution in [0.3, 0.4) is 0 Å². The maximum atomic E-state index is 13.9. The zero-order valence-electron chi connectivity index (χ0n) is 17.4. The molecule has 4 aliphatic rings. The largest absolute Gasteiger partial charge is 0.465 e. The Balaban J connectivity index is 1.56. The summed E-state index contributed by atoms with van der Waals surface area (Å²) in [5.74, 6) is -3.04. The molecule has 3 aliphatic carbocycles. The molecule has 0 radical (unpaired) electrons. The summed E-state index contributed by atoms with van der Waals surface area (Å²) in [7, 11) is 1.29. The van der Waals surface area contributed by atoms with Crippen molar-refractivity contribution in [2.45, 2.75) is 9.75 Å². The molecule has 3 aromatic rings.